The van der Waals surface area contributed by atoms with Gasteiger partial charge in [-0.1, -0.05) is 448 Å². The van der Waals surface area contributed by atoms with Crippen molar-refractivity contribution in [3.8, 4) is 0 Å². The van der Waals surface area contributed by atoms with Crippen molar-refractivity contribution in [1.29, 1.82) is 0 Å². The van der Waals surface area contributed by atoms with Gasteiger partial charge in [0.05, 0.1) is 0 Å². The minimum absolute atomic E-state index is 0.443. The number of hydrogen-bond donors (Lipinski definition) is 0. The molecule has 3 unspecified atom stereocenters. The molecule has 8 saturated carbocycles. The van der Waals surface area contributed by atoms with E-state index in [1.165, 1.54) is 231 Å². The van der Waals surface area contributed by atoms with Crippen molar-refractivity contribution in [2.75, 3.05) is 0 Å². The Labute approximate surface area is 596 Å². The quantitative estimate of drug-likeness (QED) is 0.257. The van der Waals surface area contributed by atoms with Crippen molar-refractivity contribution >= 4 is 0 Å². The zero-order valence-corrected chi connectivity index (χ0v) is 72.9. The van der Waals surface area contributed by atoms with Crippen LogP contribution in [0.3, 0.4) is 0 Å². The third-order valence-electron chi connectivity index (χ3n) is 26.7. The molecule has 0 heteroatoms. The molecule has 8 fully saturated rings. The molecule has 0 aliphatic heterocycles. The molecular formula is C93H192. The van der Waals surface area contributed by atoms with Gasteiger partial charge in [0.25, 0.3) is 0 Å². The van der Waals surface area contributed by atoms with Gasteiger partial charge in [-0.3, -0.25) is 0 Å². The maximum absolute atomic E-state index is 2.55. The summed E-state index contributed by atoms with van der Waals surface area (Å²) in [7, 11) is 0. The summed E-state index contributed by atoms with van der Waals surface area (Å²) in [6.45, 7) is 83.8. The van der Waals surface area contributed by atoms with Crippen LogP contribution in [0.1, 0.15) is 480 Å². The summed E-state index contributed by atoms with van der Waals surface area (Å²) in [5.74, 6) is 11.8. The van der Waals surface area contributed by atoms with E-state index in [1.807, 2.05) is 0 Å². The molecule has 0 spiro atoms. The molecule has 0 bridgehead atoms. The van der Waals surface area contributed by atoms with Gasteiger partial charge in [0.1, 0.15) is 0 Å². The molecule has 0 heterocycles. The Hall–Kier alpha value is 0. The zero-order valence-electron chi connectivity index (χ0n) is 72.9. The van der Waals surface area contributed by atoms with Crippen LogP contribution in [0.25, 0.3) is 0 Å². The Balaban J connectivity index is -0.000000971. The normalized spacial score (nSPS) is 24.8. The first kappa shape index (κ1) is 97.2. The van der Waals surface area contributed by atoms with Crippen LogP contribution >= 0.6 is 0 Å². The highest BCUT2D eigenvalue weighted by Crippen LogP contribution is 2.50. The van der Waals surface area contributed by atoms with Crippen molar-refractivity contribution in [2.45, 2.75) is 480 Å². The van der Waals surface area contributed by atoms with Crippen LogP contribution in [0.5, 0.6) is 0 Å². The Morgan fingerprint density at radius 1 is 0.333 bits per heavy atom. The van der Waals surface area contributed by atoms with Crippen molar-refractivity contribution in [2.24, 2.45) is 120 Å². The largest absolute Gasteiger partial charge is 0.0649 e. The summed E-state index contributed by atoms with van der Waals surface area (Å²) in [6, 6.07) is 0. The summed E-state index contributed by atoms with van der Waals surface area (Å²) in [5.41, 5.74) is 4.90. The Bertz CT molecular complexity index is 1590. The van der Waals surface area contributed by atoms with Crippen molar-refractivity contribution in [3.63, 3.8) is 0 Å². The smallest absolute Gasteiger partial charge is 0.0323 e. The zero-order chi connectivity index (χ0) is 72.9. The molecule has 93 heavy (non-hydrogen) atoms. The maximum Gasteiger partial charge on any atom is -0.0323 e. The molecule has 8 rings (SSSR count). The van der Waals surface area contributed by atoms with Gasteiger partial charge in [0.2, 0.25) is 0 Å². The SMILES string of the molecule is CC(C(C)(C)C)C(C)(C)C.CC(C)(C)C.CC(C)(C)C1CCCCC1.CC(C1CCCCC1)C1CCCCC1.CC1C(C)(C)CCCC1(C)C.CC1CC1.CC1CCCC(C)C1C.CC1CCCCC1.CC1CCCCC1(C)C.CCC(C)(C)C.CCC(C)(CC)CC. The predicted octanol–water partition coefficient (Wildman–Crippen LogP) is 34.0. The Morgan fingerprint density at radius 2 is 0.634 bits per heavy atom. The third-order valence-corrected chi connectivity index (χ3v) is 26.7. The van der Waals surface area contributed by atoms with Crippen LogP contribution in [-0.4, -0.2) is 0 Å². The van der Waals surface area contributed by atoms with Crippen molar-refractivity contribution in [3.05, 3.63) is 0 Å². The van der Waals surface area contributed by atoms with Gasteiger partial charge in [0.15, 0.2) is 0 Å². The predicted molar refractivity (Wildman–Crippen MR) is 434 cm³/mol. The van der Waals surface area contributed by atoms with Crippen molar-refractivity contribution < 1.29 is 0 Å². The van der Waals surface area contributed by atoms with Gasteiger partial charge in [-0.25, -0.2) is 0 Å². The van der Waals surface area contributed by atoms with Crippen LogP contribution < -0.4 is 0 Å². The average Bonchev–Trinajstić information content (AvgIpc) is 1.55. The Morgan fingerprint density at radius 3 is 0.817 bits per heavy atom. The molecule has 8 aliphatic rings. The van der Waals surface area contributed by atoms with Gasteiger partial charge in [-0.2, -0.15) is 0 Å². The second-order valence-electron chi connectivity index (χ2n) is 42.5. The molecule has 0 radical (unpaired) electrons. The monoisotopic (exact) mass is 1310 g/mol. The first-order valence-corrected chi connectivity index (χ1v) is 42.4. The van der Waals surface area contributed by atoms with E-state index < -0.39 is 0 Å². The summed E-state index contributed by atoms with van der Waals surface area (Å²) >= 11 is 0. The molecule has 0 aromatic carbocycles. The van der Waals surface area contributed by atoms with Gasteiger partial charge < -0.3 is 0 Å². The average molecular weight is 1310 g/mol. The molecule has 0 amide bonds. The van der Waals surface area contributed by atoms with E-state index in [9.17, 15) is 0 Å². The molecular weight excluding hydrogens is 1120 g/mol. The van der Waals surface area contributed by atoms with Crippen LogP contribution in [0, 0.1) is 120 Å². The molecule has 0 aromatic rings. The number of hydrogen-bond acceptors (Lipinski definition) is 0. The fraction of sp³-hybridized carbons (Fsp3) is 1.00. The molecule has 564 valence electrons. The summed E-state index contributed by atoms with van der Waals surface area (Å²) in [5, 5.41) is 0. The standard InChI is InChI=1S/C14H26.C11H22.C10H20.C10H22.2C9H18.C8H18.C7H14.C6H14.C5H12.C4H8/c1-12(13-8-4-2-5-9-13)14-10-6-3-7-11-14;1-9-10(2,3)7-6-8-11(9,4)5;1-10(2,3)9-7-5-4-6-8-9;1-8(9(2,3)4)10(5,6)7;1-8-6-4-5-7-9(8,2)3;1-7-5-4-6-8(2)9(7)3;1-5-8(4,6-2)7-3;1-7-5-3-2-4-6-7;1-5-6(2,3)4;1-5(2,3)4;1-4-2-3-4/h12-14H,2-11H2,1H3;9H,6-8H2,1-5H3;9H,4-8H2,1-3H3;8H,1-7H3;8H,4-7H2,1-3H3;7-9H,4-6H2,1-3H3;5-7H2,1-4H3;7H,2-6H2,1H3;5H2,1-4H3;1-4H3;4H,2-3H2,1H3. The highest BCUT2D eigenvalue weighted by molar-refractivity contribution is 4.91. The van der Waals surface area contributed by atoms with E-state index in [0.717, 1.165) is 71.0 Å². The van der Waals surface area contributed by atoms with Crippen LogP contribution in [0.4, 0.5) is 0 Å². The van der Waals surface area contributed by atoms with Gasteiger partial charge in [0, 0.05) is 0 Å². The highest BCUT2D eigenvalue weighted by Gasteiger charge is 2.40. The molecule has 0 aromatic heterocycles. The fourth-order valence-corrected chi connectivity index (χ4v) is 15.2. The second kappa shape index (κ2) is 48.0. The minimum atomic E-state index is 0.443. The first-order chi connectivity index (χ1) is 42.4. The van der Waals surface area contributed by atoms with Crippen LogP contribution in [0.15, 0.2) is 0 Å². The maximum atomic E-state index is 2.55. The fourth-order valence-electron chi connectivity index (χ4n) is 15.2. The minimum Gasteiger partial charge on any atom is -0.0649 e. The topological polar surface area (TPSA) is 0 Å². The van der Waals surface area contributed by atoms with Crippen LogP contribution in [-0.2, 0) is 0 Å². The van der Waals surface area contributed by atoms with E-state index in [1.54, 1.807) is 0 Å². The molecule has 0 N–H and O–H groups in total. The molecule has 0 nitrogen and oxygen atoms in total. The van der Waals surface area contributed by atoms with E-state index in [4.69, 9.17) is 0 Å². The lowest BCUT2D eigenvalue weighted by Crippen LogP contribution is -2.38. The lowest BCUT2D eigenvalue weighted by molar-refractivity contribution is 0.0286. The summed E-state index contributed by atoms with van der Waals surface area (Å²) < 4.78 is 0. The molecule has 8 aliphatic carbocycles. The first-order valence-electron chi connectivity index (χ1n) is 42.4. The van der Waals surface area contributed by atoms with Gasteiger partial charge in [-0.15, -0.1) is 0 Å². The third kappa shape index (κ3) is 50.9. The Kier molecular flexibility index (Phi) is 50.1. The van der Waals surface area contributed by atoms with E-state index in [-0.39, 0.29) is 0 Å². The number of rotatable bonds is 5. The lowest BCUT2D eigenvalue weighted by atomic mass is 9.58. The second-order valence-corrected chi connectivity index (χ2v) is 42.5. The van der Waals surface area contributed by atoms with Crippen LogP contribution in [0.2, 0.25) is 0 Å². The van der Waals surface area contributed by atoms with E-state index in [0.29, 0.717) is 48.7 Å². The highest BCUT2D eigenvalue weighted by atomic mass is 14.5. The summed E-state index contributed by atoms with van der Waals surface area (Å²) in [6.07, 6.45) is 52.7. The van der Waals surface area contributed by atoms with E-state index >= 15 is 0 Å². The lowest BCUT2D eigenvalue weighted by Gasteiger charge is -2.47. The van der Waals surface area contributed by atoms with Gasteiger partial charge in [-0.05, 0) is 152 Å². The van der Waals surface area contributed by atoms with Crippen molar-refractivity contribution in [1.82, 2.24) is 0 Å². The van der Waals surface area contributed by atoms with Gasteiger partial charge >= 0.3 is 0 Å². The molecule has 0 saturated heterocycles. The summed E-state index contributed by atoms with van der Waals surface area (Å²) in [4.78, 5) is 0. The molecule has 3 atom stereocenters. The van der Waals surface area contributed by atoms with E-state index in [2.05, 4.69) is 249 Å².